The highest BCUT2D eigenvalue weighted by atomic mass is 32.2. The van der Waals surface area contributed by atoms with Gasteiger partial charge in [-0.15, -0.1) is 0 Å². The van der Waals surface area contributed by atoms with Gasteiger partial charge in [-0.3, -0.25) is 0 Å². The molecule has 0 saturated heterocycles. The number of methoxy groups -OCH3 is 1. The molecule has 172 valence electrons. The van der Waals surface area contributed by atoms with Crippen LogP contribution in [0.3, 0.4) is 0 Å². The first kappa shape index (κ1) is 23.9. The Morgan fingerprint density at radius 1 is 0.706 bits per heavy atom. The van der Waals surface area contributed by atoms with Gasteiger partial charge >= 0.3 is 10.1 Å². The van der Waals surface area contributed by atoms with Crippen LogP contribution in [0.2, 0.25) is 0 Å². The lowest BCUT2D eigenvalue weighted by atomic mass is 10.2. The smallest absolute Gasteiger partial charge is 0.329 e. The van der Waals surface area contributed by atoms with Gasteiger partial charge in [-0.2, -0.15) is 8.42 Å². The molecular formula is C28H26O4PS+. The predicted molar refractivity (Wildman–Crippen MR) is 141 cm³/mol. The fraction of sp³-hybridized carbons (Fsp3) is 0.0714. The van der Waals surface area contributed by atoms with Gasteiger partial charge in [0, 0.05) is 0 Å². The van der Waals surface area contributed by atoms with Gasteiger partial charge in [0.2, 0.25) is 7.49 Å². The summed E-state index contributed by atoms with van der Waals surface area (Å²) in [5, 5.41) is 1.71. The number of rotatable bonds is 9. The molecule has 0 fully saturated rings. The van der Waals surface area contributed by atoms with Crippen LogP contribution in [0.4, 0.5) is 0 Å². The van der Waals surface area contributed by atoms with Crippen molar-refractivity contribution in [3.8, 4) is 5.75 Å². The summed E-state index contributed by atoms with van der Waals surface area (Å²) >= 11 is 0. The molecule has 4 aromatic carbocycles. The predicted octanol–water partition coefficient (Wildman–Crippen LogP) is 5.70. The highest BCUT2D eigenvalue weighted by Gasteiger charge is 2.49. The number of hydrogen-bond donors (Lipinski definition) is 0. The summed E-state index contributed by atoms with van der Waals surface area (Å²) in [5.74, 6) is 0.580. The van der Waals surface area contributed by atoms with Gasteiger partial charge in [-0.05, 0) is 60.2 Å². The standard InChI is InChI=1S/C28H26O4PS/c1-31-25-19-21-28(22-20-25)34(29,30)32-33(26-15-7-3-8-16-26,27-17-9-4-10-18-27)23-11-14-24-12-5-2-6-13-24/h2-22H,23H2,1H3/q+1. The Kier molecular flexibility index (Phi) is 7.59. The molecule has 4 aromatic rings. The Labute approximate surface area is 202 Å². The first-order valence-corrected chi connectivity index (χ1v) is 14.1. The number of hydrogen-bond acceptors (Lipinski definition) is 4. The van der Waals surface area contributed by atoms with Crippen molar-refractivity contribution < 1.29 is 17.1 Å². The number of allylic oxidation sites excluding steroid dienone is 1. The second-order valence-corrected chi connectivity index (χ2v) is 12.5. The molecular weight excluding hydrogens is 463 g/mol. The van der Waals surface area contributed by atoms with E-state index in [2.05, 4.69) is 0 Å². The third-order valence-corrected chi connectivity index (χ3v) is 11.0. The maximum Gasteiger partial charge on any atom is 0.329 e. The van der Waals surface area contributed by atoms with Gasteiger partial charge in [0.1, 0.15) is 22.5 Å². The molecule has 0 atom stereocenters. The largest absolute Gasteiger partial charge is 0.497 e. The molecule has 0 aliphatic heterocycles. The molecule has 0 aliphatic carbocycles. The van der Waals surface area contributed by atoms with E-state index in [1.54, 1.807) is 19.2 Å². The van der Waals surface area contributed by atoms with E-state index < -0.39 is 17.6 Å². The van der Waals surface area contributed by atoms with Crippen LogP contribution in [-0.4, -0.2) is 21.7 Å². The lowest BCUT2D eigenvalue weighted by molar-refractivity contribution is 0.414. The zero-order valence-corrected chi connectivity index (χ0v) is 20.5. The lowest BCUT2D eigenvalue weighted by Gasteiger charge is -2.24. The van der Waals surface area contributed by atoms with Crippen LogP contribution < -0.4 is 15.3 Å². The summed E-state index contributed by atoms with van der Waals surface area (Å²) in [6.07, 6.45) is 4.43. The number of ether oxygens (including phenoxy) is 1. The second-order valence-electron chi connectivity index (χ2n) is 7.61. The van der Waals surface area contributed by atoms with Crippen LogP contribution in [0.5, 0.6) is 5.75 Å². The summed E-state index contributed by atoms with van der Waals surface area (Å²) < 4.78 is 38.6. The molecule has 0 bridgehead atoms. The second kappa shape index (κ2) is 10.8. The van der Waals surface area contributed by atoms with E-state index in [9.17, 15) is 8.42 Å². The first-order chi connectivity index (χ1) is 16.5. The Balaban J connectivity index is 1.82. The topological polar surface area (TPSA) is 52.6 Å². The molecule has 0 radical (unpaired) electrons. The third-order valence-electron chi connectivity index (χ3n) is 5.39. The Morgan fingerprint density at radius 3 is 1.71 bits per heavy atom. The minimum Gasteiger partial charge on any atom is -0.497 e. The van der Waals surface area contributed by atoms with Crippen LogP contribution in [0, 0.1) is 0 Å². The van der Waals surface area contributed by atoms with Gasteiger partial charge < -0.3 is 4.74 Å². The summed E-state index contributed by atoms with van der Waals surface area (Å²) in [5.41, 5.74) is 1.04. The van der Waals surface area contributed by atoms with E-state index in [0.717, 1.165) is 16.2 Å². The quantitative estimate of drug-likeness (QED) is 0.283. The third kappa shape index (κ3) is 5.45. The molecule has 0 aromatic heterocycles. The van der Waals surface area contributed by atoms with Gasteiger partial charge in [-0.1, -0.05) is 76.8 Å². The van der Waals surface area contributed by atoms with Crippen molar-refractivity contribution in [3.05, 3.63) is 127 Å². The van der Waals surface area contributed by atoms with Crippen molar-refractivity contribution >= 4 is 34.3 Å². The molecule has 0 amide bonds. The average Bonchev–Trinajstić information content (AvgIpc) is 2.89. The summed E-state index contributed by atoms with van der Waals surface area (Å²) in [4.78, 5) is 0.0941. The van der Waals surface area contributed by atoms with E-state index in [-0.39, 0.29) is 4.90 Å². The van der Waals surface area contributed by atoms with Crippen molar-refractivity contribution in [1.82, 2.24) is 0 Å². The van der Waals surface area contributed by atoms with Gasteiger partial charge in [0.05, 0.1) is 12.0 Å². The molecule has 0 heterocycles. The Hall–Kier alpha value is -3.24. The van der Waals surface area contributed by atoms with Gasteiger partial charge in [0.25, 0.3) is 0 Å². The van der Waals surface area contributed by atoms with Crippen molar-refractivity contribution in [2.24, 2.45) is 0 Å². The van der Waals surface area contributed by atoms with E-state index in [4.69, 9.17) is 8.71 Å². The summed E-state index contributed by atoms with van der Waals surface area (Å²) in [6.45, 7) is 0. The van der Waals surface area contributed by atoms with E-state index in [1.807, 2.05) is 103 Å². The molecule has 0 saturated carbocycles. The molecule has 0 unspecified atom stereocenters. The van der Waals surface area contributed by atoms with Crippen LogP contribution >= 0.6 is 7.49 Å². The zero-order chi connectivity index (χ0) is 23.9. The highest BCUT2D eigenvalue weighted by Crippen LogP contribution is 2.59. The van der Waals surface area contributed by atoms with Crippen molar-refractivity contribution in [3.63, 3.8) is 0 Å². The first-order valence-electron chi connectivity index (χ1n) is 10.8. The van der Waals surface area contributed by atoms with Gasteiger partial charge in [0.15, 0.2) is 0 Å². The molecule has 6 heteroatoms. The summed E-state index contributed by atoms with van der Waals surface area (Å²) in [7, 11) is -5.38. The molecule has 34 heavy (non-hydrogen) atoms. The monoisotopic (exact) mass is 489 g/mol. The van der Waals surface area contributed by atoms with Crippen molar-refractivity contribution in [1.29, 1.82) is 0 Å². The molecule has 4 rings (SSSR count). The minimum absolute atomic E-state index is 0.0941. The van der Waals surface area contributed by atoms with Gasteiger partial charge in [-0.25, -0.2) is 0 Å². The number of benzene rings is 4. The van der Waals surface area contributed by atoms with E-state index in [0.29, 0.717) is 11.9 Å². The fourth-order valence-corrected chi connectivity index (χ4v) is 9.18. The molecule has 0 spiro atoms. The molecule has 4 nitrogen and oxygen atoms in total. The van der Waals surface area contributed by atoms with E-state index >= 15 is 0 Å². The van der Waals surface area contributed by atoms with Crippen molar-refractivity contribution in [2.75, 3.05) is 13.3 Å². The summed E-state index contributed by atoms with van der Waals surface area (Å²) in [6, 6.07) is 35.5. The van der Waals surface area contributed by atoms with Crippen LogP contribution in [-0.2, 0) is 14.1 Å². The molecule has 0 N–H and O–H groups in total. The highest BCUT2D eigenvalue weighted by molar-refractivity contribution is 7.98. The van der Waals surface area contributed by atoms with Crippen LogP contribution in [0.25, 0.3) is 6.08 Å². The maximum atomic E-state index is 13.6. The van der Waals surface area contributed by atoms with Crippen molar-refractivity contribution in [2.45, 2.75) is 4.90 Å². The fourth-order valence-electron chi connectivity index (χ4n) is 3.67. The van der Waals surface area contributed by atoms with E-state index in [1.165, 1.54) is 12.1 Å². The average molecular weight is 490 g/mol. The maximum absolute atomic E-state index is 13.6. The van der Waals surface area contributed by atoms with Crippen LogP contribution in [0.15, 0.2) is 126 Å². The lowest BCUT2D eigenvalue weighted by Crippen LogP contribution is -2.28. The SMILES string of the molecule is COc1ccc(S(=O)(=O)O[P+](CC=Cc2ccccc2)(c2ccccc2)c2ccccc2)cc1. The minimum atomic E-state index is -4.07. The Morgan fingerprint density at radius 2 is 1.21 bits per heavy atom. The van der Waals surface area contributed by atoms with Crippen LogP contribution in [0.1, 0.15) is 5.56 Å². The molecule has 0 aliphatic rings. The normalized spacial score (nSPS) is 12.0. The zero-order valence-electron chi connectivity index (χ0n) is 18.8. The Bertz CT molecular complexity index is 1280.